The second-order valence-electron chi connectivity index (χ2n) is 9.00. The Bertz CT molecular complexity index is 1410. The van der Waals surface area contributed by atoms with Crippen LogP contribution in [0, 0.1) is 0 Å². The number of nitrogens with zero attached hydrogens (tertiary/aromatic N) is 3. The Balaban J connectivity index is 1.34. The Labute approximate surface area is 211 Å². The number of aliphatic imine (C=N–C) groups is 1. The lowest BCUT2D eigenvalue weighted by atomic mass is 10.0. The normalized spacial score (nSPS) is 14.5. The van der Waals surface area contributed by atoms with Crippen LogP contribution in [-0.4, -0.2) is 74.5 Å². The molecule has 3 N–H and O–H groups in total. The molecule has 1 aliphatic rings. The van der Waals surface area contributed by atoms with Gasteiger partial charge in [-0.2, -0.15) is 0 Å². The molecule has 2 heterocycles. The molecule has 5 rings (SSSR count). The van der Waals surface area contributed by atoms with E-state index in [4.69, 9.17) is 7.85 Å². The molecular weight excluding hydrogens is 449 g/mol. The third-order valence-electron chi connectivity index (χ3n) is 6.57. The summed E-state index contributed by atoms with van der Waals surface area (Å²) in [4.78, 5) is 25.3. The smallest absolute Gasteiger partial charge is 0.198 e. The number of ketones is 1. The maximum absolute atomic E-state index is 13.0. The predicted octanol–water partition coefficient (Wildman–Crippen LogP) is 4.14. The van der Waals surface area contributed by atoms with Crippen LogP contribution in [0.2, 0.25) is 0 Å². The van der Waals surface area contributed by atoms with E-state index in [9.17, 15) is 9.90 Å². The number of benzene rings is 3. The number of rotatable bonds is 7. The largest absolute Gasteiger partial charge is 0.494 e. The molecule has 0 spiro atoms. The fraction of sp³-hybridized carbons (Fsp3) is 0.214. The molecule has 0 aliphatic carbocycles. The highest BCUT2D eigenvalue weighted by molar-refractivity contribution is 6.12. The van der Waals surface area contributed by atoms with Crippen LogP contribution in [0.5, 0.6) is 5.88 Å². The van der Waals surface area contributed by atoms with Gasteiger partial charge in [-0.1, -0.05) is 24.3 Å². The second kappa shape index (κ2) is 10.3. The lowest BCUT2D eigenvalue weighted by Crippen LogP contribution is -2.44. The van der Waals surface area contributed by atoms with Crippen LogP contribution in [0.15, 0.2) is 71.7 Å². The van der Waals surface area contributed by atoms with Crippen molar-refractivity contribution in [3.63, 3.8) is 0 Å². The van der Waals surface area contributed by atoms with Crippen LogP contribution in [0.25, 0.3) is 10.9 Å². The molecule has 1 fully saturated rings. The highest BCUT2D eigenvalue weighted by Gasteiger charge is 2.15. The van der Waals surface area contributed by atoms with Gasteiger partial charge in [-0.05, 0) is 56.0 Å². The van der Waals surface area contributed by atoms with Crippen LogP contribution >= 0.6 is 0 Å². The summed E-state index contributed by atoms with van der Waals surface area (Å²) in [5.74, 6) is -0.0936. The van der Waals surface area contributed by atoms with E-state index >= 15 is 0 Å². The number of carbonyl (C=O) groups excluding carboxylic acids is 1. The first kappa shape index (κ1) is 23.7. The molecule has 0 unspecified atom stereocenters. The number of aromatic nitrogens is 1. The summed E-state index contributed by atoms with van der Waals surface area (Å²) >= 11 is 0. The van der Waals surface area contributed by atoms with Crippen molar-refractivity contribution < 1.29 is 9.90 Å². The molecule has 1 aromatic heterocycles. The number of H-pyrrole nitrogens is 1. The monoisotopic (exact) mass is 477 g/mol. The summed E-state index contributed by atoms with van der Waals surface area (Å²) in [6, 6.07) is 20.7. The quantitative estimate of drug-likeness (QED) is 0.212. The van der Waals surface area contributed by atoms with E-state index < -0.39 is 0 Å². The van der Waals surface area contributed by atoms with Gasteiger partial charge in [-0.25, -0.2) is 0 Å². The fourth-order valence-corrected chi connectivity index (χ4v) is 4.49. The molecule has 8 heteroatoms. The van der Waals surface area contributed by atoms with Crippen LogP contribution in [0.1, 0.15) is 21.5 Å². The first-order chi connectivity index (χ1) is 17.5. The number of aromatic hydroxyl groups is 1. The molecule has 1 saturated heterocycles. The summed E-state index contributed by atoms with van der Waals surface area (Å²) in [7, 11) is 7.69. The number of fused-ring (bicyclic) bond motifs is 1. The summed E-state index contributed by atoms with van der Waals surface area (Å²) in [5.41, 5.74) is 5.12. The molecule has 180 valence electrons. The van der Waals surface area contributed by atoms with E-state index in [1.807, 2.05) is 30.3 Å². The maximum Gasteiger partial charge on any atom is 0.198 e. The average molecular weight is 477 g/mol. The minimum atomic E-state index is -0.109. The predicted molar refractivity (Wildman–Crippen MR) is 147 cm³/mol. The average Bonchev–Trinajstić information content (AvgIpc) is 3.22. The van der Waals surface area contributed by atoms with Crippen molar-refractivity contribution in [2.45, 2.75) is 0 Å². The van der Waals surface area contributed by atoms with Crippen molar-refractivity contribution in [3.8, 4) is 5.88 Å². The summed E-state index contributed by atoms with van der Waals surface area (Å²) < 4.78 is 0. The van der Waals surface area contributed by atoms with Crippen molar-refractivity contribution in [2.24, 2.45) is 4.99 Å². The standard InChI is InChI=1S/C28H28BN5O2/c1-33-11-13-34(14-12-33)23-8-6-21(7-9-23)30-17-25-24-10-5-20(16-26(24)32-28(25)36)27(35)19-3-2-4-22(15-19)31-18-29/h2-10,15-17,31-32,36H,11-14,18H2,1H3. The van der Waals surface area contributed by atoms with Gasteiger partial charge in [0.25, 0.3) is 0 Å². The minimum Gasteiger partial charge on any atom is -0.494 e. The van der Waals surface area contributed by atoms with Gasteiger partial charge in [-0.3, -0.25) is 9.79 Å². The van der Waals surface area contributed by atoms with Crippen LogP contribution < -0.4 is 10.2 Å². The van der Waals surface area contributed by atoms with E-state index in [0.29, 0.717) is 22.2 Å². The molecule has 1 aliphatic heterocycles. The second-order valence-corrected chi connectivity index (χ2v) is 9.00. The van der Waals surface area contributed by atoms with Crippen molar-refractivity contribution in [2.75, 3.05) is 49.9 Å². The van der Waals surface area contributed by atoms with Crippen LogP contribution in [-0.2, 0) is 0 Å². The Morgan fingerprint density at radius 3 is 2.56 bits per heavy atom. The topological polar surface area (TPSA) is 84.0 Å². The first-order valence-corrected chi connectivity index (χ1v) is 12.0. The molecule has 0 atom stereocenters. The number of anilines is 2. The zero-order valence-electron chi connectivity index (χ0n) is 20.2. The van der Waals surface area contributed by atoms with Gasteiger partial charge in [0.1, 0.15) is 0 Å². The molecule has 4 aromatic rings. The number of carbonyl (C=O) groups is 1. The number of piperazine rings is 1. The zero-order valence-corrected chi connectivity index (χ0v) is 20.2. The van der Waals surface area contributed by atoms with Crippen molar-refractivity contribution in [1.29, 1.82) is 0 Å². The summed E-state index contributed by atoms with van der Waals surface area (Å²) in [5, 5.41) is 14.3. The third-order valence-corrected chi connectivity index (χ3v) is 6.57. The number of hydrogen-bond acceptors (Lipinski definition) is 6. The summed E-state index contributed by atoms with van der Waals surface area (Å²) in [6.45, 7) is 4.15. The van der Waals surface area contributed by atoms with Crippen molar-refractivity contribution in [1.82, 2.24) is 9.88 Å². The molecule has 2 radical (unpaired) electrons. The number of hydrogen-bond donors (Lipinski definition) is 3. The van der Waals surface area contributed by atoms with Gasteiger partial charge in [0, 0.05) is 65.8 Å². The number of likely N-dealkylation sites (N-methyl/N-ethyl adjacent to an activating group) is 1. The number of aromatic amines is 1. The van der Waals surface area contributed by atoms with Crippen LogP contribution in [0.4, 0.5) is 17.1 Å². The lowest BCUT2D eigenvalue weighted by molar-refractivity contribution is 0.103. The molecule has 0 bridgehead atoms. The van der Waals surface area contributed by atoms with Crippen LogP contribution in [0.3, 0.4) is 0 Å². The van der Waals surface area contributed by atoms with Gasteiger partial charge >= 0.3 is 0 Å². The van der Waals surface area contributed by atoms with Crippen molar-refractivity contribution in [3.05, 3.63) is 83.4 Å². The Morgan fingerprint density at radius 2 is 1.81 bits per heavy atom. The van der Waals surface area contributed by atoms with Gasteiger partial charge in [0.15, 0.2) is 11.7 Å². The number of nitrogens with one attached hydrogen (secondary N) is 2. The molecule has 7 nitrogen and oxygen atoms in total. The maximum atomic E-state index is 13.0. The first-order valence-electron chi connectivity index (χ1n) is 12.0. The summed E-state index contributed by atoms with van der Waals surface area (Å²) in [6.07, 6.45) is 1.94. The highest BCUT2D eigenvalue weighted by Crippen LogP contribution is 2.29. The zero-order chi connectivity index (χ0) is 25.1. The fourth-order valence-electron chi connectivity index (χ4n) is 4.49. The molecule has 0 saturated carbocycles. The Morgan fingerprint density at radius 1 is 1.06 bits per heavy atom. The Kier molecular flexibility index (Phi) is 6.78. The molecular formula is C28H28BN5O2. The third kappa shape index (κ3) is 4.99. The van der Waals surface area contributed by atoms with E-state index in [2.05, 4.69) is 44.3 Å². The van der Waals surface area contributed by atoms with Gasteiger partial charge in [0.2, 0.25) is 0 Å². The van der Waals surface area contributed by atoms with Crippen molar-refractivity contribution >= 4 is 47.8 Å². The van der Waals surface area contributed by atoms with E-state index in [1.54, 1.807) is 30.5 Å². The molecule has 36 heavy (non-hydrogen) atoms. The van der Waals surface area contributed by atoms with E-state index in [0.717, 1.165) is 42.9 Å². The molecule has 3 aromatic carbocycles. The SMILES string of the molecule is [B]CNc1cccc(C(=O)c2ccc3c(C=Nc4ccc(N5CCN(C)CC5)cc4)c(O)[nH]c3c2)c1. The minimum absolute atomic E-state index is 0.0153. The molecule has 0 amide bonds. The highest BCUT2D eigenvalue weighted by atomic mass is 16.3. The van der Waals surface area contributed by atoms with Gasteiger partial charge < -0.3 is 25.2 Å². The van der Waals surface area contributed by atoms with Gasteiger partial charge in [-0.15, -0.1) is 0 Å². The lowest BCUT2D eigenvalue weighted by Gasteiger charge is -2.34. The van der Waals surface area contributed by atoms with E-state index in [1.165, 1.54) is 5.69 Å². The van der Waals surface area contributed by atoms with Gasteiger partial charge in [0.05, 0.1) is 19.1 Å². The van der Waals surface area contributed by atoms with E-state index in [-0.39, 0.29) is 18.1 Å². The Hall–Kier alpha value is -4.04.